The molecule has 176 valence electrons. The Balaban J connectivity index is 1.92. The molecule has 2 aromatic carbocycles. The fourth-order valence-corrected chi connectivity index (χ4v) is 3.93. The molecule has 0 aliphatic rings. The van der Waals surface area contributed by atoms with E-state index in [1.54, 1.807) is 18.2 Å². The minimum Gasteiger partial charge on any atom is -0.490 e. The average molecular weight is 476 g/mol. The highest BCUT2D eigenvalue weighted by atomic mass is 32.2. The molecule has 1 aromatic heterocycles. The zero-order chi connectivity index (χ0) is 24.0. The van der Waals surface area contributed by atoms with E-state index in [1.807, 2.05) is 20.8 Å². The number of carbonyl (C=O) groups excluding carboxylic acids is 1. The van der Waals surface area contributed by atoms with Crippen molar-refractivity contribution < 1.29 is 31.8 Å². The van der Waals surface area contributed by atoms with Crippen molar-refractivity contribution in [2.24, 2.45) is 0 Å². The Bertz CT molecular complexity index is 1210. The van der Waals surface area contributed by atoms with Crippen molar-refractivity contribution >= 4 is 21.8 Å². The van der Waals surface area contributed by atoms with Gasteiger partial charge in [0.2, 0.25) is 11.6 Å². The van der Waals surface area contributed by atoms with Gasteiger partial charge in [-0.15, -0.1) is 5.10 Å². The van der Waals surface area contributed by atoms with Crippen molar-refractivity contribution in [2.45, 2.75) is 25.7 Å². The van der Waals surface area contributed by atoms with Crippen molar-refractivity contribution in [3.05, 3.63) is 42.0 Å². The Morgan fingerprint density at radius 3 is 2.15 bits per heavy atom. The molecule has 0 atom stereocenters. The Kier molecular flexibility index (Phi) is 7.54. The molecule has 0 aliphatic heterocycles. The number of hydrogen-bond acceptors (Lipinski definition) is 9. The Morgan fingerprint density at radius 2 is 1.58 bits per heavy atom. The van der Waals surface area contributed by atoms with Gasteiger partial charge >= 0.3 is 6.01 Å². The van der Waals surface area contributed by atoms with Gasteiger partial charge in [-0.3, -0.25) is 10.1 Å². The number of sulfone groups is 1. The topological polar surface area (TPSA) is 130 Å². The number of nitrogens with one attached hydrogen (secondary N) is 1. The summed E-state index contributed by atoms with van der Waals surface area (Å²) in [6, 6.07) is 9.02. The van der Waals surface area contributed by atoms with Gasteiger partial charge in [0.1, 0.15) is 0 Å². The molecule has 0 saturated heterocycles. The van der Waals surface area contributed by atoms with Gasteiger partial charge in [-0.25, -0.2) is 8.42 Å². The maximum atomic E-state index is 12.7. The molecule has 1 heterocycles. The van der Waals surface area contributed by atoms with Crippen LogP contribution in [0.2, 0.25) is 0 Å². The van der Waals surface area contributed by atoms with E-state index in [0.717, 1.165) is 6.26 Å². The molecule has 33 heavy (non-hydrogen) atoms. The Morgan fingerprint density at radius 1 is 0.970 bits per heavy atom. The number of aromatic nitrogens is 2. The molecule has 0 aliphatic carbocycles. The van der Waals surface area contributed by atoms with E-state index in [4.69, 9.17) is 18.6 Å². The third-order valence-electron chi connectivity index (χ3n) is 4.33. The van der Waals surface area contributed by atoms with Crippen LogP contribution in [0.15, 0.2) is 45.7 Å². The standard InChI is InChI=1S/C22H25N3O7S/c1-5-29-16-12-14(13-17(30-6-2)19(16)31-7-3)21-24-25-22(32-21)23-20(26)15-10-8-9-11-18(15)33(4,27)28/h8-13H,5-7H2,1-4H3,(H,23,25,26). The fourth-order valence-electron chi connectivity index (χ4n) is 3.04. The van der Waals surface area contributed by atoms with Crippen molar-refractivity contribution in [3.8, 4) is 28.7 Å². The molecule has 0 bridgehead atoms. The number of anilines is 1. The third-order valence-corrected chi connectivity index (χ3v) is 5.49. The van der Waals surface area contributed by atoms with Crippen LogP contribution in [0.1, 0.15) is 31.1 Å². The molecule has 0 unspecified atom stereocenters. The maximum absolute atomic E-state index is 12.7. The van der Waals surface area contributed by atoms with Gasteiger partial charge in [0, 0.05) is 11.8 Å². The van der Waals surface area contributed by atoms with Crippen LogP contribution in [0.25, 0.3) is 11.5 Å². The van der Waals surface area contributed by atoms with E-state index in [-0.39, 0.29) is 22.4 Å². The summed E-state index contributed by atoms with van der Waals surface area (Å²) < 4.78 is 46.6. The van der Waals surface area contributed by atoms with Crippen LogP contribution in [0.3, 0.4) is 0 Å². The lowest BCUT2D eigenvalue weighted by Gasteiger charge is -2.16. The lowest BCUT2D eigenvalue weighted by Crippen LogP contribution is -2.16. The van der Waals surface area contributed by atoms with E-state index >= 15 is 0 Å². The quantitative estimate of drug-likeness (QED) is 0.467. The van der Waals surface area contributed by atoms with Crippen LogP contribution in [-0.2, 0) is 9.84 Å². The number of hydrogen-bond donors (Lipinski definition) is 1. The van der Waals surface area contributed by atoms with Crippen LogP contribution in [0.5, 0.6) is 17.2 Å². The highest BCUT2D eigenvalue weighted by Crippen LogP contribution is 2.41. The van der Waals surface area contributed by atoms with Crippen LogP contribution < -0.4 is 19.5 Å². The second kappa shape index (κ2) is 10.3. The summed E-state index contributed by atoms with van der Waals surface area (Å²) >= 11 is 0. The SMILES string of the molecule is CCOc1cc(-c2nnc(NC(=O)c3ccccc3S(C)(=O)=O)o2)cc(OCC)c1OCC. The van der Waals surface area contributed by atoms with Crippen LogP contribution in [0.4, 0.5) is 6.01 Å². The molecule has 0 saturated carbocycles. The van der Waals surface area contributed by atoms with Crippen LogP contribution >= 0.6 is 0 Å². The molecule has 1 N–H and O–H groups in total. The number of nitrogens with zero attached hydrogens (tertiary/aromatic N) is 2. The van der Waals surface area contributed by atoms with Gasteiger partial charge in [0.25, 0.3) is 5.91 Å². The van der Waals surface area contributed by atoms with Crippen molar-refractivity contribution in [1.29, 1.82) is 0 Å². The minimum atomic E-state index is -3.61. The summed E-state index contributed by atoms with van der Waals surface area (Å²) in [7, 11) is -3.61. The fraction of sp³-hybridized carbons (Fsp3) is 0.318. The summed E-state index contributed by atoms with van der Waals surface area (Å²) in [6.45, 7) is 6.77. The number of amides is 1. The molecule has 3 aromatic rings. The second-order valence-corrected chi connectivity index (χ2v) is 8.72. The highest BCUT2D eigenvalue weighted by Gasteiger charge is 2.22. The molecule has 0 spiro atoms. The summed E-state index contributed by atoms with van der Waals surface area (Å²) in [6.07, 6.45) is 1.03. The van der Waals surface area contributed by atoms with E-state index in [2.05, 4.69) is 15.5 Å². The Labute approximate surface area is 191 Å². The van der Waals surface area contributed by atoms with Crippen molar-refractivity contribution in [2.75, 3.05) is 31.4 Å². The first-order valence-electron chi connectivity index (χ1n) is 10.3. The summed E-state index contributed by atoms with van der Waals surface area (Å²) in [5.41, 5.74) is 0.466. The molecular weight excluding hydrogens is 450 g/mol. The van der Waals surface area contributed by atoms with Gasteiger partial charge in [0.15, 0.2) is 21.3 Å². The van der Waals surface area contributed by atoms with Crippen LogP contribution in [0, 0.1) is 0 Å². The number of ether oxygens (including phenoxy) is 3. The lowest BCUT2D eigenvalue weighted by atomic mass is 10.2. The predicted octanol–water partition coefficient (Wildman–Crippen LogP) is 3.59. The number of rotatable bonds is 10. The van der Waals surface area contributed by atoms with E-state index in [9.17, 15) is 13.2 Å². The molecule has 10 nitrogen and oxygen atoms in total. The largest absolute Gasteiger partial charge is 0.490 e. The smallest absolute Gasteiger partial charge is 0.322 e. The zero-order valence-corrected chi connectivity index (χ0v) is 19.6. The number of carbonyl (C=O) groups is 1. The summed E-state index contributed by atoms with van der Waals surface area (Å²) in [5, 5.41) is 10.3. The number of benzene rings is 2. The van der Waals surface area contributed by atoms with Crippen molar-refractivity contribution in [1.82, 2.24) is 10.2 Å². The molecular formula is C22H25N3O7S. The maximum Gasteiger partial charge on any atom is 0.322 e. The zero-order valence-electron chi connectivity index (χ0n) is 18.7. The van der Waals surface area contributed by atoms with E-state index in [1.165, 1.54) is 18.2 Å². The van der Waals surface area contributed by atoms with Crippen LogP contribution in [-0.4, -0.2) is 50.6 Å². The van der Waals surface area contributed by atoms with Gasteiger partial charge in [-0.1, -0.05) is 17.2 Å². The molecule has 11 heteroatoms. The Hall–Kier alpha value is -3.60. The van der Waals surface area contributed by atoms with Gasteiger partial charge in [0.05, 0.1) is 30.3 Å². The van der Waals surface area contributed by atoms with Crippen molar-refractivity contribution in [3.63, 3.8) is 0 Å². The first kappa shape index (κ1) is 24.1. The molecule has 0 fully saturated rings. The second-order valence-electron chi connectivity index (χ2n) is 6.74. The third kappa shape index (κ3) is 5.61. The van der Waals surface area contributed by atoms with E-state index in [0.29, 0.717) is 42.6 Å². The van der Waals surface area contributed by atoms with E-state index < -0.39 is 15.7 Å². The first-order valence-corrected chi connectivity index (χ1v) is 12.2. The monoisotopic (exact) mass is 475 g/mol. The van der Waals surface area contributed by atoms with Gasteiger partial charge in [-0.2, -0.15) is 0 Å². The first-order chi connectivity index (χ1) is 15.8. The minimum absolute atomic E-state index is 0.0296. The normalized spacial score (nSPS) is 11.2. The molecule has 3 rings (SSSR count). The molecule has 1 amide bonds. The lowest BCUT2D eigenvalue weighted by molar-refractivity contribution is 0.102. The molecule has 0 radical (unpaired) electrons. The van der Waals surface area contributed by atoms with Gasteiger partial charge in [-0.05, 0) is 45.0 Å². The highest BCUT2D eigenvalue weighted by molar-refractivity contribution is 7.90. The summed E-state index contributed by atoms with van der Waals surface area (Å²) in [5.74, 6) is 0.780. The van der Waals surface area contributed by atoms with Gasteiger partial charge < -0.3 is 18.6 Å². The average Bonchev–Trinajstić information content (AvgIpc) is 3.24. The predicted molar refractivity (Wildman–Crippen MR) is 121 cm³/mol. The summed E-state index contributed by atoms with van der Waals surface area (Å²) in [4.78, 5) is 12.6.